The van der Waals surface area contributed by atoms with E-state index >= 15 is 0 Å². The number of benzene rings is 1. The minimum atomic E-state index is 0.0982. The van der Waals surface area contributed by atoms with E-state index in [-0.39, 0.29) is 5.91 Å². The van der Waals surface area contributed by atoms with Crippen LogP contribution in [0.3, 0.4) is 0 Å². The van der Waals surface area contributed by atoms with E-state index in [0.29, 0.717) is 18.4 Å². The number of aromatic nitrogens is 3. The van der Waals surface area contributed by atoms with Gasteiger partial charge in [0.1, 0.15) is 9.88 Å². The lowest BCUT2D eigenvalue weighted by molar-refractivity contribution is 0.0663. The Morgan fingerprint density at radius 1 is 1.16 bits per heavy atom. The average molecular weight is 435 g/mol. The van der Waals surface area contributed by atoms with Gasteiger partial charge in [-0.25, -0.2) is 4.98 Å². The fourth-order valence-electron chi connectivity index (χ4n) is 4.33. The van der Waals surface area contributed by atoms with Gasteiger partial charge >= 0.3 is 0 Å². The predicted octanol–water partition coefficient (Wildman–Crippen LogP) is 4.33. The van der Waals surface area contributed by atoms with Crippen molar-refractivity contribution in [1.82, 2.24) is 20.1 Å². The van der Waals surface area contributed by atoms with Crippen LogP contribution in [-0.4, -0.2) is 45.7 Å². The molecule has 0 unspecified atom stereocenters. The molecule has 0 bridgehead atoms. The van der Waals surface area contributed by atoms with Gasteiger partial charge in [-0.3, -0.25) is 4.79 Å². The number of nitrogens with zero attached hydrogens (tertiary/aromatic N) is 4. The van der Waals surface area contributed by atoms with Crippen molar-refractivity contribution in [2.45, 2.75) is 39.0 Å². The van der Waals surface area contributed by atoms with Crippen LogP contribution in [0.1, 0.15) is 45.9 Å². The summed E-state index contributed by atoms with van der Waals surface area (Å²) >= 11 is 1.49. The molecule has 1 aliphatic heterocycles. The lowest BCUT2D eigenvalue weighted by atomic mass is 9.97. The topological polar surface area (TPSA) is 68.2 Å². The Morgan fingerprint density at radius 2 is 1.97 bits per heavy atom. The number of carbonyl (C=O) groups excluding carboxylic acids is 1. The molecule has 0 spiro atoms. The van der Waals surface area contributed by atoms with Gasteiger partial charge in [-0.15, -0.1) is 16.4 Å². The number of hydrogen-bond acceptors (Lipinski definition) is 6. The zero-order valence-electron chi connectivity index (χ0n) is 17.7. The van der Waals surface area contributed by atoms with Gasteiger partial charge in [-0.1, -0.05) is 30.3 Å². The van der Waals surface area contributed by atoms with Crippen molar-refractivity contribution >= 4 is 17.2 Å². The SMILES string of the molecule is Cc1nc(-c2ccccc2)sc1C(=O)N1CCC(COc2cc3c(nn2)CCC3)CC1. The summed E-state index contributed by atoms with van der Waals surface area (Å²) in [6, 6.07) is 12.1. The summed E-state index contributed by atoms with van der Waals surface area (Å²) in [6.45, 7) is 4.06. The van der Waals surface area contributed by atoms with Crippen LogP contribution < -0.4 is 4.74 Å². The number of hydrogen-bond donors (Lipinski definition) is 0. The zero-order chi connectivity index (χ0) is 21.2. The molecule has 2 aromatic heterocycles. The summed E-state index contributed by atoms with van der Waals surface area (Å²) in [6.07, 6.45) is 5.14. The maximum atomic E-state index is 13.1. The Balaban J connectivity index is 1.16. The van der Waals surface area contributed by atoms with Gasteiger partial charge in [0.15, 0.2) is 0 Å². The quantitative estimate of drug-likeness (QED) is 0.598. The number of rotatable bonds is 5. The molecule has 160 valence electrons. The highest BCUT2D eigenvalue weighted by Gasteiger charge is 2.27. The van der Waals surface area contributed by atoms with Crippen molar-refractivity contribution in [2.75, 3.05) is 19.7 Å². The second kappa shape index (κ2) is 8.75. The Kier molecular flexibility index (Phi) is 5.68. The van der Waals surface area contributed by atoms with Crippen molar-refractivity contribution in [3.05, 3.63) is 58.2 Å². The Bertz CT molecular complexity index is 1070. The Labute approximate surface area is 186 Å². The number of likely N-dealkylation sites (tertiary alicyclic amines) is 1. The molecular formula is C24H26N4O2S. The van der Waals surface area contributed by atoms with Crippen LogP contribution in [0.5, 0.6) is 5.88 Å². The Hall–Kier alpha value is -2.80. The number of amides is 1. The molecule has 1 amide bonds. The largest absolute Gasteiger partial charge is 0.476 e. The van der Waals surface area contributed by atoms with Crippen LogP contribution in [0.25, 0.3) is 10.6 Å². The van der Waals surface area contributed by atoms with E-state index < -0.39 is 0 Å². The van der Waals surface area contributed by atoms with E-state index in [2.05, 4.69) is 15.2 Å². The van der Waals surface area contributed by atoms with E-state index in [1.54, 1.807) is 0 Å². The third kappa shape index (κ3) is 4.32. The lowest BCUT2D eigenvalue weighted by Crippen LogP contribution is -2.39. The van der Waals surface area contributed by atoms with Crippen LogP contribution >= 0.6 is 11.3 Å². The van der Waals surface area contributed by atoms with E-state index in [1.165, 1.54) is 16.9 Å². The highest BCUT2D eigenvalue weighted by molar-refractivity contribution is 7.17. The minimum absolute atomic E-state index is 0.0982. The van der Waals surface area contributed by atoms with Crippen LogP contribution in [0, 0.1) is 12.8 Å². The molecule has 1 fully saturated rings. The molecule has 31 heavy (non-hydrogen) atoms. The van der Waals surface area contributed by atoms with E-state index in [1.807, 2.05) is 48.2 Å². The number of thiazole rings is 1. The number of ether oxygens (including phenoxy) is 1. The third-order valence-electron chi connectivity index (χ3n) is 6.18. The molecule has 0 radical (unpaired) electrons. The van der Waals surface area contributed by atoms with Gasteiger partial charge in [0.2, 0.25) is 5.88 Å². The van der Waals surface area contributed by atoms with Crippen molar-refractivity contribution in [2.24, 2.45) is 5.92 Å². The summed E-state index contributed by atoms with van der Waals surface area (Å²) in [5.41, 5.74) is 4.27. The zero-order valence-corrected chi connectivity index (χ0v) is 18.5. The van der Waals surface area contributed by atoms with Gasteiger partial charge in [0.25, 0.3) is 5.91 Å². The van der Waals surface area contributed by atoms with Crippen LogP contribution in [0.2, 0.25) is 0 Å². The van der Waals surface area contributed by atoms with E-state index in [0.717, 1.165) is 72.0 Å². The van der Waals surface area contributed by atoms with Crippen LogP contribution in [0.15, 0.2) is 36.4 Å². The molecule has 3 aromatic rings. The van der Waals surface area contributed by atoms with Gasteiger partial charge in [0.05, 0.1) is 18.0 Å². The second-order valence-electron chi connectivity index (χ2n) is 8.35. The molecule has 1 aliphatic carbocycles. The molecule has 6 nitrogen and oxygen atoms in total. The van der Waals surface area contributed by atoms with Crippen LogP contribution in [0.4, 0.5) is 0 Å². The molecule has 3 heterocycles. The molecule has 5 rings (SSSR count). The standard InChI is InChI=1S/C24H26N4O2S/c1-16-22(31-23(25-16)18-6-3-2-4-7-18)24(29)28-12-10-17(11-13-28)15-30-21-14-19-8-5-9-20(19)26-27-21/h2-4,6-7,14,17H,5,8-13,15H2,1H3. The maximum Gasteiger partial charge on any atom is 0.265 e. The average Bonchev–Trinajstić information content (AvgIpc) is 3.44. The first-order chi connectivity index (χ1) is 15.2. The van der Waals surface area contributed by atoms with Crippen molar-refractivity contribution in [1.29, 1.82) is 0 Å². The van der Waals surface area contributed by atoms with Crippen molar-refractivity contribution < 1.29 is 9.53 Å². The molecule has 1 aromatic carbocycles. The molecule has 0 N–H and O–H groups in total. The summed E-state index contributed by atoms with van der Waals surface area (Å²) in [4.78, 5) is 20.5. The number of aryl methyl sites for hydroxylation is 3. The normalized spacial score (nSPS) is 16.4. The van der Waals surface area contributed by atoms with Gasteiger partial charge in [0, 0.05) is 24.7 Å². The first-order valence-corrected chi connectivity index (χ1v) is 11.8. The molecular weight excluding hydrogens is 408 g/mol. The second-order valence-corrected chi connectivity index (χ2v) is 9.35. The predicted molar refractivity (Wildman–Crippen MR) is 120 cm³/mol. The molecule has 1 saturated heterocycles. The first kappa shape index (κ1) is 20.1. The highest BCUT2D eigenvalue weighted by atomic mass is 32.1. The van der Waals surface area contributed by atoms with E-state index in [4.69, 9.17) is 4.74 Å². The summed E-state index contributed by atoms with van der Waals surface area (Å²) in [5.74, 6) is 1.16. The van der Waals surface area contributed by atoms with Crippen molar-refractivity contribution in [3.63, 3.8) is 0 Å². The summed E-state index contributed by atoms with van der Waals surface area (Å²) < 4.78 is 5.94. The molecule has 7 heteroatoms. The number of fused-ring (bicyclic) bond motifs is 1. The maximum absolute atomic E-state index is 13.1. The lowest BCUT2D eigenvalue weighted by Gasteiger charge is -2.31. The van der Waals surface area contributed by atoms with Gasteiger partial charge in [-0.05, 0) is 50.5 Å². The summed E-state index contributed by atoms with van der Waals surface area (Å²) in [5, 5.41) is 9.41. The van der Waals surface area contributed by atoms with Gasteiger partial charge in [-0.2, -0.15) is 5.10 Å². The fraction of sp³-hybridized carbons (Fsp3) is 0.417. The number of piperidine rings is 1. The van der Waals surface area contributed by atoms with Crippen LogP contribution in [-0.2, 0) is 12.8 Å². The monoisotopic (exact) mass is 434 g/mol. The molecule has 0 atom stereocenters. The van der Waals surface area contributed by atoms with Crippen molar-refractivity contribution in [3.8, 4) is 16.5 Å². The summed E-state index contributed by atoms with van der Waals surface area (Å²) in [7, 11) is 0. The van der Waals surface area contributed by atoms with Gasteiger partial charge < -0.3 is 9.64 Å². The minimum Gasteiger partial charge on any atom is -0.476 e. The van der Waals surface area contributed by atoms with E-state index in [9.17, 15) is 4.79 Å². The fourth-order valence-corrected chi connectivity index (χ4v) is 5.37. The highest BCUT2D eigenvalue weighted by Crippen LogP contribution is 2.30. The first-order valence-electron chi connectivity index (χ1n) is 11.0. The Morgan fingerprint density at radius 3 is 2.77 bits per heavy atom. The third-order valence-corrected chi connectivity index (χ3v) is 7.37. The molecule has 0 saturated carbocycles. The smallest absolute Gasteiger partial charge is 0.265 e. The number of carbonyl (C=O) groups is 1. The molecule has 2 aliphatic rings.